The third kappa shape index (κ3) is 5.39. The lowest BCUT2D eigenvalue weighted by Gasteiger charge is -2.14. The van der Waals surface area contributed by atoms with Crippen LogP contribution in [0.2, 0.25) is 5.02 Å². The van der Waals surface area contributed by atoms with Crippen molar-refractivity contribution in [2.24, 2.45) is 5.73 Å². The number of halogens is 1. The van der Waals surface area contributed by atoms with Crippen molar-refractivity contribution in [3.8, 4) is 0 Å². The van der Waals surface area contributed by atoms with Gasteiger partial charge in [-0.3, -0.25) is 9.59 Å². The number of carbonyl (C=O) groups excluding carboxylic acids is 2. The average Bonchev–Trinajstić information content (AvgIpc) is 2.50. The summed E-state index contributed by atoms with van der Waals surface area (Å²) in [5.74, 6) is -0.585. The molecule has 0 bridgehead atoms. The number of hydrogen-bond donors (Lipinski definition) is 3. The van der Waals surface area contributed by atoms with Crippen LogP contribution in [0.3, 0.4) is 0 Å². The van der Waals surface area contributed by atoms with Gasteiger partial charge < -0.3 is 16.0 Å². The van der Waals surface area contributed by atoms with Crippen LogP contribution in [-0.4, -0.2) is 25.4 Å². The van der Waals surface area contributed by atoms with E-state index < -0.39 is 5.91 Å². The number of likely N-dealkylation sites (N-methyl/N-ethyl adjacent to an activating group) is 1. The van der Waals surface area contributed by atoms with Gasteiger partial charge in [0.25, 0.3) is 5.91 Å². The molecule has 0 aliphatic heterocycles. The minimum atomic E-state index is -0.491. The summed E-state index contributed by atoms with van der Waals surface area (Å²) in [6, 6.07) is 14.1. The van der Waals surface area contributed by atoms with Gasteiger partial charge in [0.15, 0.2) is 6.54 Å². The van der Waals surface area contributed by atoms with Crippen molar-refractivity contribution in [2.75, 3.05) is 18.9 Å². The molecule has 0 saturated carbocycles. The molecule has 0 aliphatic rings. The lowest BCUT2D eigenvalue weighted by Crippen LogP contribution is -3.08. The number of anilines is 1. The molecule has 2 aromatic rings. The van der Waals surface area contributed by atoms with Crippen LogP contribution in [-0.2, 0) is 11.3 Å². The first kappa shape index (κ1) is 17.0. The van der Waals surface area contributed by atoms with Crippen molar-refractivity contribution in [1.82, 2.24) is 0 Å². The predicted octanol–water partition coefficient (Wildman–Crippen LogP) is 1.09. The Morgan fingerprint density at radius 1 is 1.09 bits per heavy atom. The number of amides is 2. The van der Waals surface area contributed by atoms with Gasteiger partial charge in [-0.2, -0.15) is 0 Å². The second-order valence-corrected chi connectivity index (χ2v) is 5.86. The van der Waals surface area contributed by atoms with Crippen LogP contribution in [0.5, 0.6) is 0 Å². The van der Waals surface area contributed by atoms with E-state index in [-0.39, 0.29) is 5.91 Å². The number of primary amides is 1. The number of quaternary nitrogens is 1. The topological polar surface area (TPSA) is 76.6 Å². The molecule has 2 rings (SSSR count). The predicted molar refractivity (Wildman–Crippen MR) is 90.5 cm³/mol. The fourth-order valence-corrected chi connectivity index (χ4v) is 2.34. The first-order valence-electron chi connectivity index (χ1n) is 7.19. The van der Waals surface area contributed by atoms with Gasteiger partial charge in [0.2, 0.25) is 5.91 Å². The Hall–Kier alpha value is -2.37. The lowest BCUT2D eigenvalue weighted by molar-refractivity contribution is -0.885. The number of hydrogen-bond acceptors (Lipinski definition) is 2. The highest BCUT2D eigenvalue weighted by molar-refractivity contribution is 6.30. The molecule has 0 saturated heterocycles. The SMILES string of the molecule is C[NH+](CC(=O)Nc1ccc(C(N)=O)cc1)Cc1ccc(Cl)cc1. The van der Waals surface area contributed by atoms with E-state index in [1.54, 1.807) is 24.3 Å². The smallest absolute Gasteiger partial charge is 0.279 e. The van der Waals surface area contributed by atoms with Crippen molar-refractivity contribution in [1.29, 1.82) is 0 Å². The van der Waals surface area contributed by atoms with E-state index in [2.05, 4.69) is 5.32 Å². The van der Waals surface area contributed by atoms with Gasteiger partial charge in [0.05, 0.1) is 7.05 Å². The lowest BCUT2D eigenvalue weighted by atomic mass is 10.2. The van der Waals surface area contributed by atoms with E-state index in [9.17, 15) is 9.59 Å². The number of carbonyl (C=O) groups is 2. The maximum Gasteiger partial charge on any atom is 0.279 e. The highest BCUT2D eigenvalue weighted by Crippen LogP contribution is 2.09. The fourth-order valence-electron chi connectivity index (χ4n) is 2.21. The maximum absolute atomic E-state index is 12.0. The molecule has 2 aromatic carbocycles. The largest absolute Gasteiger partial charge is 0.366 e. The molecule has 4 N–H and O–H groups in total. The molecule has 6 heteroatoms. The number of nitrogens with two attached hydrogens (primary N) is 1. The molecule has 1 atom stereocenters. The van der Waals surface area contributed by atoms with Crippen LogP contribution in [0.25, 0.3) is 0 Å². The van der Waals surface area contributed by atoms with Crippen molar-refractivity contribution in [3.05, 3.63) is 64.7 Å². The second kappa shape index (κ2) is 7.76. The van der Waals surface area contributed by atoms with Crippen molar-refractivity contribution in [3.63, 3.8) is 0 Å². The molecule has 0 aromatic heterocycles. The Balaban J connectivity index is 1.86. The van der Waals surface area contributed by atoms with Crippen LogP contribution >= 0.6 is 11.6 Å². The van der Waals surface area contributed by atoms with Gasteiger partial charge in [-0.15, -0.1) is 0 Å². The van der Waals surface area contributed by atoms with Gasteiger partial charge in [0.1, 0.15) is 6.54 Å². The summed E-state index contributed by atoms with van der Waals surface area (Å²) in [6.07, 6.45) is 0. The summed E-state index contributed by atoms with van der Waals surface area (Å²) in [7, 11) is 1.95. The van der Waals surface area contributed by atoms with Crippen LogP contribution in [0, 0.1) is 0 Å². The highest BCUT2D eigenvalue weighted by Gasteiger charge is 2.11. The van der Waals surface area contributed by atoms with Crippen molar-refractivity contribution >= 4 is 29.1 Å². The van der Waals surface area contributed by atoms with Gasteiger partial charge in [-0.05, 0) is 36.4 Å². The highest BCUT2D eigenvalue weighted by atomic mass is 35.5. The minimum absolute atomic E-state index is 0.0942. The molecule has 0 spiro atoms. The Morgan fingerprint density at radius 2 is 1.70 bits per heavy atom. The second-order valence-electron chi connectivity index (χ2n) is 5.43. The third-order valence-electron chi connectivity index (χ3n) is 3.33. The first-order chi connectivity index (χ1) is 10.9. The molecule has 0 radical (unpaired) electrons. The van der Waals surface area contributed by atoms with Gasteiger partial charge in [-0.1, -0.05) is 23.7 Å². The maximum atomic E-state index is 12.0. The summed E-state index contributed by atoms with van der Waals surface area (Å²) < 4.78 is 0. The molecular weight excluding hydrogens is 314 g/mol. The molecule has 0 aliphatic carbocycles. The number of nitrogens with one attached hydrogen (secondary N) is 2. The van der Waals surface area contributed by atoms with Crippen LogP contribution in [0.15, 0.2) is 48.5 Å². The van der Waals surface area contributed by atoms with Crippen molar-refractivity contribution in [2.45, 2.75) is 6.54 Å². The van der Waals surface area contributed by atoms with Gasteiger partial charge >= 0.3 is 0 Å². The van der Waals surface area contributed by atoms with E-state index in [0.29, 0.717) is 22.8 Å². The van der Waals surface area contributed by atoms with Crippen molar-refractivity contribution < 1.29 is 14.5 Å². The summed E-state index contributed by atoms with van der Waals surface area (Å²) in [4.78, 5) is 24.1. The van der Waals surface area contributed by atoms with E-state index in [4.69, 9.17) is 17.3 Å². The Kier molecular flexibility index (Phi) is 5.73. The average molecular weight is 333 g/mol. The monoisotopic (exact) mass is 332 g/mol. The summed E-state index contributed by atoms with van der Waals surface area (Å²) >= 11 is 5.85. The van der Waals surface area contributed by atoms with Gasteiger partial charge in [0, 0.05) is 21.8 Å². The molecule has 5 nitrogen and oxygen atoms in total. The minimum Gasteiger partial charge on any atom is -0.366 e. The third-order valence-corrected chi connectivity index (χ3v) is 3.59. The first-order valence-corrected chi connectivity index (χ1v) is 7.57. The zero-order valence-corrected chi connectivity index (χ0v) is 13.6. The van der Waals surface area contributed by atoms with Crippen LogP contribution in [0.4, 0.5) is 5.69 Å². The van der Waals surface area contributed by atoms with Crippen LogP contribution < -0.4 is 16.0 Å². The fraction of sp³-hybridized carbons (Fsp3) is 0.176. The summed E-state index contributed by atoms with van der Waals surface area (Å²) in [5, 5.41) is 3.50. The number of rotatable bonds is 6. The summed E-state index contributed by atoms with van der Waals surface area (Å²) in [6.45, 7) is 1.06. The standard InChI is InChI=1S/C17H18ClN3O2/c1-21(10-12-2-6-14(18)7-3-12)11-16(22)20-15-8-4-13(5-9-15)17(19)23/h2-9H,10-11H2,1H3,(H2,19,23)(H,20,22)/p+1. The van der Waals surface area contributed by atoms with Gasteiger partial charge in [-0.25, -0.2) is 0 Å². The van der Waals surface area contributed by atoms with E-state index in [1.165, 1.54) is 0 Å². The van der Waals surface area contributed by atoms with E-state index in [0.717, 1.165) is 17.0 Å². The molecule has 0 heterocycles. The Bertz CT molecular complexity index is 684. The van der Waals surface area contributed by atoms with Crippen LogP contribution in [0.1, 0.15) is 15.9 Å². The molecule has 0 fully saturated rings. The zero-order valence-electron chi connectivity index (χ0n) is 12.8. The normalized spacial score (nSPS) is 11.7. The molecular formula is C17H19ClN3O2+. The molecule has 2 amide bonds. The molecule has 120 valence electrons. The zero-order chi connectivity index (χ0) is 16.8. The Morgan fingerprint density at radius 3 is 2.26 bits per heavy atom. The summed E-state index contributed by atoms with van der Waals surface area (Å²) in [5.41, 5.74) is 7.34. The van der Waals surface area contributed by atoms with E-state index in [1.807, 2.05) is 31.3 Å². The number of benzene rings is 2. The van der Waals surface area contributed by atoms with E-state index >= 15 is 0 Å². The quantitative estimate of drug-likeness (QED) is 0.740. The molecule has 23 heavy (non-hydrogen) atoms. The Labute approximate surface area is 140 Å². The molecule has 1 unspecified atom stereocenters.